The Morgan fingerprint density at radius 1 is 1.31 bits per heavy atom. The van der Waals surface area contributed by atoms with Crippen LogP contribution in [0.5, 0.6) is 0 Å². The second-order valence-corrected chi connectivity index (χ2v) is 5.32. The number of piperidine rings is 1. The molecule has 2 rings (SSSR count). The lowest BCUT2D eigenvalue weighted by molar-refractivity contribution is 0.0644. The van der Waals surface area contributed by atoms with Gasteiger partial charge in [-0.15, -0.1) is 0 Å². The van der Waals surface area contributed by atoms with E-state index in [0.717, 1.165) is 25.9 Å². The van der Waals surface area contributed by atoms with Crippen LogP contribution >= 0.6 is 15.9 Å². The number of rotatable bonds is 2. The molecular weight excluding hydrogens is 266 g/mol. The standard InChI is InChI=1S/C13H18BrNO/c1-10(12-4-2-3-5-13(12)14)15-8-6-11(16)7-9-15/h2-5,10-11,16H,6-9H2,1H3/t10-/m1/s1. The molecular formula is C13H18BrNO. The highest BCUT2D eigenvalue weighted by Gasteiger charge is 2.22. The molecule has 3 heteroatoms. The highest BCUT2D eigenvalue weighted by Crippen LogP contribution is 2.29. The van der Waals surface area contributed by atoms with Gasteiger partial charge in [-0.3, -0.25) is 4.90 Å². The lowest BCUT2D eigenvalue weighted by Gasteiger charge is -2.34. The summed E-state index contributed by atoms with van der Waals surface area (Å²) in [6, 6.07) is 8.79. The third-order valence-electron chi connectivity index (χ3n) is 3.40. The molecule has 1 fully saturated rings. The molecule has 0 radical (unpaired) electrons. The molecule has 1 saturated heterocycles. The maximum absolute atomic E-state index is 9.50. The Morgan fingerprint density at radius 2 is 1.94 bits per heavy atom. The average Bonchev–Trinajstić information content (AvgIpc) is 2.30. The van der Waals surface area contributed by atoms with Gasteiger partial charge in [-0.05, 0) is 31.4 Å². The van der Waals surface area contributed by atoms with Crippen molar-refractivity contribution in [1.29, 1.82) is 0 Å². The minimum Gasteiger partial charge on any atom is -0.393 e. The van der Waals surface area contributed by atoms with E-state index in [2.05, 4.69) is 46.0 Å². The minimum absolute atomic E-state index is 0.0948. The van der Waals surface area contributed by atoms with E-state index < -0.39 is 0 Å². The monoisotopic (exact) mass is 283 g/mol. The number of hydrogen-bond acceptors (Lipinski definition) is 2. The minimum atomic E-state index is -0.0948. The Kier molecular flexibility index (Phi) is 4.00. The van der Waals surface area contributed by atoms with E-state index in [1.807, 2.05) is 6.07 Å². The van der Waals surface area contributed by atoms with Crippen LogP contribution in [0, 0.1) is 0 Å². The van der Waals surface area contributed by atoms with Gasteiger partial charge in [0.2, 0.25) is 0 Å². The Bertz CT molecular complexity index is 348. The fourth-order valence-corrected chi connectivity index (χ4v) is 2.90. The van der Waals surface area contributed by atoms with Crippen LogP contribution in [0.1, 0.15) is 31.4 Å². The number of aliphatic hydroxyl groups is 1. The van der Waals surface area contributed by atoms with Gasteiger partial charge in [0.15, 0.2) is 0 Å². The zero-order valence-electron chi connectivity index (χ0n) is 9.56. The smallest absolute Gasteiger partial charge is 0.0564 e. The van der Waals surface area contributed by atoms with E-state index in [-0.39, 0.29) is 6.10 Å². The molecule has 1 aromatic rings. The number of aliphatic hydroxyl groups excluding tert-OH is 1. The first-order chi connectivity index (χ1) is 7.68. The van der Waals surface area contributed by atoms with E-state index in [4.69, 9.17) is 0 Å². The van der Waals surface area contributed by atoms with Crippen molar-refractivity contribution in [1.82, 2.24) is 4.90 Å². The second kappa shape index (κ2) is 5.30. The summed E-state index contributed by atoms with van der Waals surface area (Å²) in [4.78, 5) is 2.44. The first-order valence-corrected chi connectivity index (χ1v) is 6.64. The van der Waals surface area contributed by atoms with Crippen LogP contribution in [0.4, 0.5) is 0 Å². The molecule has 1 N–H and O–H groups in total. The molecule has 1 aromatic carbocycles. The van der Waals surface area contributed by atoms with Gasteiger partial charge in [-0.25, -0.2) is 0 Å². The summed E-state index contributed by atoms with van der Waals surface area (Å²) in [7, 11) is 0. The third kappa shape index (κ3) is 2.65. The molecule has 1 atom stereocenters. The first-order valence-electron chi connectivity index (χ1n) is 5.85. The SMILES string of the molecule is C[C@H](c1ccccc1Br)N1CCC(O)CC1. The lowest BCUT2D eigenvalue weighted by atomic mass is 10.0. The van der Waals surface area contributed by atoms with Crippen molar-refractivity contribution in [3.8, 4) is 0 Å². The third-order valence-corrected chi connectivity index (χ3v) is 4.12. The van der Waals surface area contributed by atoms with Gasteiger partial charge in [0, 0.05) is 23.6 Å². The molecule has 1 aliphatic heterocycles. The number of benzene rings is 1. The summed E-state index contributed by atoms with van der Waals surface area (Å²) in [5, 5.41) is 9.50. The van der Waals surface area contributed by atoms with Gasteiger partial charge in [0.05, 0.1) is 6.10 Å². The molecule has 0 spiro atoms. The fourth-order valence-electron chi connectivity index (χ4n) is 2.28. The van der Waals surface area contributed by atoms with Gasteiger partial charge in [-0.1, -0.05) is 34.1 Å². The van der Waals surface area contributed by atoms with Crippen LogP contribution < -0.4 is 0 Å². The Labute approximate surface area is 105 Å². The molecule has 1 aliphatic rings. The van der Waals surface area contributed by atoms with Crippen molar-refractivity contribution in [3.05, 3.63) is 34.3 Å². The number of hydrogen-bond donors (Lipinski definition) is 1. The highest BCUT2D eigenvalue weighted by molar-refractivity contribution is 9.10. The molecule has 0 unspecified atom stereocenters. The van der Waals surface area contributed by atoms with E-state index >= 15 is 0 Å². The van der Waals surface area contributed by atoms with Gasteiger partial charge in [0.25, 0.3) is 0 Å². The van der Waals surface area contributed by atoms with Crippen LogP contribution in [0.2, 0.25) is 0 Å². The zero-order chi connectivity index (χ0) is 11.5. The Morgan fingerprint density at radius 3 is 2.56 bits per heavy atom. The molecule has 0 aliphatic carbocycles. The number of nitrogens with zero attached hydrogens (tertiary/aromatic N) is 1. The summed E-state index contributed by atoms with van der Waals surface area (Å²) in [6.07, 6.45) is 1.70. The second-order valence-electron chi connectivity index (χ2n) is 4.46. The van der Waals surface area contributed by atoms with Gasteiger partial charge >= 0.3 is 0 Å². The molecule has 0 aromatic heterocycles. The fraction of sp³-hybridized carbons (Fsp3) is 0.538. The quantitative estimate of drug-likeness (QED) is 0.902. The van der Waals surface area contributed by atoms with Crippen LogP contribution in [-0.4, -0.2) is 29.2 Å². The summed E-state index contributed by atoms with van der Waals surface area (Å²) >= 11 is 3.60. The number of likely N-dealkylation sites (tertiary alicyclic amines) is 1. The zero-order valence-corrected chi connectivity index (χ0v) is 11.2. The normalized spacial score (nSPS) is 20.9. The van der Waals surface area contributed by atoms with Gasteiger partial charge in [-0.2, -0.15) is 0 Å². The van der Waals surface area contributed by atoms with Crippen LogP contribution in [0.15, 0.2) is 28.7 Å². The van der Waals surface area contributed by atoms with Crippen molar-refractivity contribution in [2.24, 2.45) is 0 Å². The van der Waals surface area contributed by atoms with Gasteiger partial charge in [0.1, 0.15) is 0 Å². The van der Waals surface area contributed by atoms with Crippen LogP contribution in [-0.2, 0) is 0 Å². The van der Waals surface area contributed by atoms with Crippen molar-refractivity contribution < 1.29 is 5.11 Å². The Balaban J connectivity index is 2.07. The molecule has 16 heavy (non-hydrogen) atoms. The maximum Gasteiger partial charge on any atom is 0.0564 e. The van der Waals surface area contributed by atoms with Crippen molar-refractivity contribution in [2.45, 2.75) is 31.9 Å². The molecule has 2 nitrogen and oxygen atoms in total. The average molecular weight is 284 g/mol. The summed E-state index contributed by atoms with van der Waals surface area (Å²) in [5.74, 6) is 0. The largest absolute Gasteiger partial charge is 0.393 e. The summed E-state index contributed by atoms with van der Waals surface area (Å²) in [5.41, 5.74) is 1.33. The van der Waals surface area contributed by atoms with Crippen molar-refractivity contribution >= 4 is 15.9 Å². The van der Waals surface area contributed by atoms with Crippen LogP contribution in [0.3, 0.4) is 0 Å². The predicted octanol–water partition coefficient (Wildman–Crippen LogP) is 2.97. The molecule has 0 bridgehead atoms. The lowest BCUT2D eigenvalue weighted by Crippen LogP contribution is -2.37. The first kappa shape index (κ1) is 12.1. The van der Waals surface area contributed by atoms with E-state index in [0.29, 0.717) is 6.04 Å². The topological polar surface area (TPSA) is 23.5 Å². The van der Waals surface area contributed by atoms with E-state index in [9.17, 15) is 5.11 Å². The van der Waals surface area contributed by atoms with E-state index in [1.54, 1.807) is 0 Å². The molecule has 0 amide bonds. The number of halogens is 1. The van der Waals surface area contributed by atoms with Crippen LogP contribution in [0.25, 0.3) is 0 Å². The van der Waals surface area contributed by atoms with E-state index in [1.165, 1.54) is 10.0 Å². The molecule has 1 heterocycles. The predicted molar refractivity (Wildman–Crippen MR) is 69.4 cm³/mol. The molecule has 88 valence electrons. The summed E-state index contributed by atoms with van der Waals surface area (Å²) in [6.45, 7) is 4.21. The highest BCUT2D eigenvalue weighted by atomic mass is 79.9. The maximum atomic E-state index is 9.50. The van der Waals surface area contributed by atoms with Crippen molar-refractivity contribution in [3.63, 3.8) is 0 Å². The Hall–Kier alpha value is -0.380. The van der Waals surface area contributed by atoms with Gasteiger partial charge < -0.3 is 5.11 Å². The van der Waals surface area contributed by atoms with Crippen molar-refractivity contribution in [2.75, 3.05) is 13.1 Å². The molecule has 0 saturated carbocycles. The summed E-state index contributed by atoms with van der Waals surface area (Å²) < 4.78 is 1.17.